The quantitative estimate of drug-likeness (QED) is 0.926. The van der Waals surface area contributed by atoms with Crippen molar-refractivity contribution >= 4 is 5.91 Å². The number of hydrogen-bond donors (Lipinski definition) is 1. The average Bonchev–Trinajstić information content (AvgIpc) is 2.49. The molecule has 0 saturated carbocycles. The van der Waals surface area contributed by atoms with Crippen molar-refractivity contribution in [3.8, 4) is 0 Å². The van der Waals surface area contributed by atoms with E-state index in [0.29, 0.717) is 6.54 Å². The molecule has 104 valence electrons. The molecule has 0 saturated heterocycles. The van der Waals surface area contributed by atoms with Gasteiger partial charge in [-0.3, -0.25) is 4.79 Å². The third-order valence-corrected chi connectivity index (χ3v) is 3.34. The summed E-state index contributed by atoms with van der Waals surface area (Å²) in [7, 11) is 1.78. The van der Waals surface area contributed by atoms with Crippen molar-refractivity contribution in [2.45, 2.75) is 19.5 Å². The lowest BCUT2D eigenvalue weighted by atomic mass is 10.1. The smallest absolute Gasteiger partial charge is 0.244 e. The number of hydrogen-bond acceptors (Lipinski definition) is 2. The van der Waals surface area contributed by atoms with Crippen LogP contribution in [0.15, 0.2) is 54.6 Å². The summed E-state index contributed by atoms with van der Waals surface area (Å²) >= 11 is 0. The average molecular weight is 268 g/mol. The van der Waals surface area contributed by atoms with Crippen LogP contribution < -0.4 is 5.73 Å². The van der Waals surface area contributed by atoms with Crippen LogP contribution in [0.3, 0.4) is 0 Å². The van der Waals surface area contributed by atoms with Gasteiger partial charge in [-0.05, 0) is 18.1 Å². The van der Waals surface area contributed by atoms with Crippen LogP contribution in [0, 0.1) is 6.92 Å². The third kappa shape index (κ3) is 3.45. The number of amides is 1. The number of aryl methyl sites for hydroxylation is 1. The Labute approximate surface area is 120 Å². The SMILES string of the molecule is Cc1ccc(CN(C)C(=O)C(N)c2ccccc2)cc1. The van der Waals surface area contributed by atoms with Gasteiger partial charge in [0.15, 0.2) is 0 Å². The number of carbonyl (C=O) groups is 1. The molecule has 2 rings (SSSR count). The van der Waals surface area contributed by atoms with Gasteiger partial charge in [0.25, 0.3) is 0 Å². The van der Waals surface area contributed by atoms with E-state index >= 15 is 0 Å². The van der Waals surface area contributed by atoms with Crippen LogP contribution in [-0.2, 0) is 11.3 Å². The van der Waals surface area contributed by atoms with Crippen LogP contribution in [0.2, 0.25) is 0 Å². The molecule has 1 amide bonds. The van der Waals surface area contributed by atoms with Crippen molar-refractivity contribution in [1.82, 2.24) is 4.90 Å². The van der Waals surface area contributed by atoms with Crippen LogP contribution in [0.1, 0.15) is 22.7 Å². The Morgan fingerprint density at radius 3 is 2.30 bits per heavy atom. The lowest BCUT2D eigenvalue weighted by Crippen LogP contribution is -2.35. The molecule has 20 heavy (non-hydrogen) atoms. The van der Waals surface area contributed by atoms with Gasteiger partial charge >= 0.3 is 0 Å². The highest BCUT2D eigenvalue weighted by Crippen LogP contribution is 2.14. The largest absolute Gasteiger partial charge is 0.340 e. The second-order valence-electron chi connectivity index (χ2n) is 5.07. The van der Waals surface area contributed by atoms with Crippen molar-refractivity contribution in [3.05, 3.63) is 71.3 Å². The predicted molar refractivity (Wildman–Crippen MR) is 81.0 cm³/mol. The molecule has 2 N–H and O–H groups in total. The second-order valence-corrected chi connectivity index (χ2v) is 5.07. The van der Waals surface area contributed by atoms with Crippen molar-refractivity contribution in [2.24, 2.45) is 5.73 Å². The van der Waals surface area contributed by atoms with Gasteiger partial charge in [-0.25, -0.2) is 0 Å². The molecule has 2 aromatic carbocycles. The maximum absolute atomic E-state index is 12.3. The fourth-order valence-electron chi connectivity index (χ4n) is 2.09. The van der Waals surface area contributed by atoms with Crippen molar-refractivity contribution in [3.63, 3.8) is 0 Å². The maximum Gasteiger partial charge on any atom is 0.244 e. The normalized spacial score (nSPS) is 11.9. The van der Waals surface area contributed by atoms with E-state index in [0.717, 1.165) is 11.1 Å². The molecule has 0 aliphatic rings. The van der Waals surface area contributed by atoms with Crippen molar-refractivity contribution in [1.29, 1.82) is 0 Å². The molecule has 0 heterocycles. The summed E-state index contributed by atoms with van der Waals surface area (Å²) in [5, 5.41) is 0. The van der Waals surface area contributed by atoms with Gasteiger partial charge in [-0.2, -0.15) is 0 Å². The first-order valence-corrected chi connectivity index (χ1v) is 6.69. The minimum atomic E-state index is -0.605. The molecule has 1 atom stereocenters. The van der Waals surface area contributed by atoms with Crippen LogP contribution in [0.4, 0.5) is 0 Å². The monoisotopic (exact) mass is 268 g/mol. The van der Waals surface area contributed by atoms with Crippen molar-refractivity contribution < 1.29 is 4.79 Å². The van der Waals surface area contributed by atoms with E-state index in [1.54, 1.807) is 11.9 Å². The fraction of sp³-hybridized carbons (Fsp3) is 0.235. The highest BCUT2D eigenvalue weighted by atomic mass is 16.2. The Bertz CT molecular complexity index is 563. The molecule has 0 aliphatic heterocycles. The Balaban J connectivity index is 2.03. The molecule has 0 fully saturated rings. The molecule has 3 nitrogen and oxygen atoms in total. The molecule has 2 aromatic rings. The van der Waals surface area contributed by atoms with E-state index in [1.165, 1.54) is 5.56 Å². The zero-order valence-electron chi connectivity index (χ0n) is 11.9. The topological polar surface area (TPSA) is 46.3 Å². The molecule has 1 unspecified atom stereocenters. The summed E-state index contributed by atoms with van der Waals surface area (Å²) in [6.07, 6.45) is 0. The zero-order chi connectivity index (χ0) is 14.5. The number of benzene rings is 2. The van der Waals surface area contributed by atoms with E-state index in [9.17, 15) is 4.79 Å². The molecule has 0 aliphatic carbocycles. The highest BCUT2D eigenvalue weighted by Gasteiger charge is 2.19. The van der Waals surface area contributed by atoms with Gasteiger partial charge < -0.3 is 10.6 Å². The minimum Gasteiger partial charge on any atom is -0.340 e. The second kappa shape index (κ2) is 6.35. The number of nitrogens with two attached hydrogens (primary N) is 1. The highest BCUT2D eigenvalue weighted by molar-refractivity contribution is 5.82. The first-order valence-electron chi connectivity index (χ1n) is 6.69. The number of nitrogens with zero attached hydrogens (tertiary/aromatic N) is 1. The van der Waals surface area contributed by atoms with Crippen LogP contribution in [-0.4, -0.2) is 17.9 Å². The van der Waals surface area contributed by atoms with E-state index < -0.39 is 6.04 Å². The van der Waals surface area contributed by atoms with E-state index in [4.69, 9.17) is 5.73 Å². The van der Waals surface area contributed by atoms with Crippen LogP contribution in [0.5, 0.6) is 0 Å². The molecular weight excluding hydrogens is 248 g/mol. The summed E-state index contributed by atoms with van der Waals surface area (Å²) in [6.45, 7) is 2.61. The van der Waals surface area contributed by atoms with Crippen molar-refractivity contribution in [2.75, 3.05) is 7.05 Å². The first-order chi connectivity index (χ1) is 9.58. The number of rotatable bonds is 4. The van der Waals surface area contributed by atoms with Gasteiger partial charge in [-0.1, -0.05) is 60.2 Å². The Morgan fingerprint density at radius 1 is 1.10 bits per heavy atom. The lowest BCUT2D eigenvalue weighted by molar-refractivity contribution is -0.131. The van der Waals surface area contributed by atoms with Gasteiger partial charge in [0, 0.05) is 13.6 Å². The summed E-state index contributed by atoms with van der Waals surface area (Å²) in [6, 6.07) is 17.0. The van der Waals surface area contributed by atoms with Crippen LogP contribution >= 0.6 is 0 Å². The molecule has 0 spiro atoms. The summed E-state index contributed by atoms with van der Waals surface area (Å²) in [4.78, 5) is 14.0. The van der Waals surface area contributed by atoms with Gasteiger partial charge in [0.2, 0.25) is 5.91 Å². The van der Waals surface area contributed by atoms with Gasteiger partial charge in [-0.15, -0.1) is 0 Å². The van der Waals surface area contributed by atoms with Gasteiger partial charge in [0.05, 0.1) is 0 Å². The van der Waals surface area contributed by atoms with E-state index in [-0.39, 0.29) is 5.91 Å². The molecule has 0 bridgehead atoms. The Morgan fingerprint density at radius 2 is 1.70 bits per heavy atom. The standard InChI is InChI=1S/C17H20N2O/c1-13-8-10-14(11-9-13)12-19(2)17(20)16(18)15-6-4-3-5-7-15/h3-11,16H,12,18H2,1-2H3. The molecule has 0 radical (unpaired) electrons. The summed E-state index contributed by atoms with van der Waals surface area (Å²) in [5.74, 6) is -0.0724. The minimum absolute atomic E-state index is 0.0724. The fourth-order valence-corrected chi connectivity index (χ4v) is 2.09. The number of carbonyl (C=O) groups excluding carboxylic acids is 1. The van der Waals surface area contributed by atoms with E-state index in [2.05, 4.69) is 0 Å². The zero-order valence-corrected chi connectivity index (χ0v) is 11.9. The van der Waals surface area contributed by atoms with E-state index in [1.807, 2.05) is 61.5 Å². The molecule has 0 aromatic heterocycles. The molecule has 3 heteroatoms. The summed E-state index contributed by atoms with van der Waals surface area (Å²) < 4.78 is 0. The summed E-state index contributed by atoms with van der Waals surface area (Å²) in [5.41, 5.74) is 9.18. The molecular formula is C17H20N2O. The predicted octanol–water partition coefficient (Wildman–Crippen LogP) is 2.65. The third-order valence-electron chi connectivity index (χ3n) is 3.34. The first kappa shape index (κ1) is 14.3. The lowest BCUT2D eigenvalue weighted by Gasteiger charge is -2.21. The maximum atomic E-state index is 12.3. The van der Waals surface area contributed by atoms with Crippen LogP contribution in [0.25, 0.3) is 0 Å². The number of likely N-dealkylation sites (N-methyl/N-ethyl adjacent to an activating group) is 1. The Kier molecular flexibility index (Phi) is 4.53. The Hall–Kier alpha value is -2.13. The van der Waals surface area contributed by atoms with Gasteiger partial charge in [0.1, 0.15) is 6.04 Å².